The molecule has 0 fully saturated rings. The summed E-state index contributed by atoms with van der Waals surface area (Å²) in [7, 11) is 1.62. The Morgan fingerprint density at radius 1 is 1.53 bits per heavy atom. The molecule has 0 bridgehead atoms. The highest BCUT2D eigenvalue weighted by molar-refractivity contribution is 7.99. The molecule has 5 nitrogen and oxygen atoms in total. The summed E-state index contributed by atoms with van der Waals surface area (Å²) in [5.41, 5.74) is 0.162. The second-order valence-electron chi connectivity index (χ2n) is 3.27. The van der Waals surface area contributed by atoms with Crippen LogP contribution >= 0.6 is 23.4 Å². The van der Waals surface area contributed by atoms with Crippen molar-refractivity contribution in [2.45, 2.75) is 10.1 Å². The van der Waals surface area contributed by atoms with Gasteiger partial charge < -0.3 is 0 Å². The van der Waals surface area contributed by atoms with Gasteiger partial charge in [-0.05, 0) is 30.0 Å². The molecule has 0 atom stereocenters. The van der Waals surface area contributed by atoms with E-state index in [-0.39, 0.29) is 5.69 Å². The molecule has 1 aromatic heterocycles. The maximum atomic E-state index is 11.2. The molecule has 1 heterocycles. The number of halogens is 1. The second-order valence-corrected chi connectivity index (χ2v) is 4.72. The second kappa shape index (κ2) is 4.77. The van der Waals surface area contributed by atoms with Crippen molar-refractivity contribution in [3.63, 3.8) is 0 Å². The number of aldehydes is 1. The van der Waals surface area contributed by atoms with E-state index >= 15 is 0 Å². The van der Waals surface area contributed by atoms with E-state index < -0.39 is 0 Å². The van der Waals surface area contributed by atoms with Crippen LogP contribution in [0.25, 0.3) is 0 Å². The predicted octanol–water partition coefficient (Wildman–Crippen LogP) is 1.73. The van der Waals surface area contributed by atoms with Crippen LogP contribution in [0.1, 0.15) is 10.4 Å². The van der Waals surface area contributed by atoms with Crippen LogP contribution in [0.4, 0.5) is 0 Å². The minimum absolute atomic E-state index is 0.275. The Kier molecular flexibility index (Phi) is 3.35. The van der Waals surface area contributed by atoms with E-state index in [0.29, 0.717) is 22.0 Å². The lowest BCUT2D eigenvalue weighted by molar-refractivity contribution is 0.112. The average molecular weight is 270 g/mol. The highest BCUT2D eigenvalue weighted by Crippen LogP contribution is 2.28. The molecule has 0 unspecified atom stereocenters. The van der Waals surface area contributed by atoms with Gasteiger partial charge in [-0.25, -0.2) is 9.89 Å². The van der Waals surface area contributed by atoms with Gasteiger partial charge in [0.1, 0.15) is 0 Å². The summed E-state index contributed by atoms with van der Waals surface area (Å²) in [5.74, 6) is 0. The third kappa shape index (κ3) is 2.42. The van der Waals surface area contributed by atoms with E-state index in [9.17, 15) is 9.59 Å². The van der Waals surface area contributed by atoms with Gasteiger partial charge in [-0.1, -0.05) is 11.6 Å². The fraction of sp³-hybridized carbons (Fsp3) is 0.100. The number of carbonyl (C=O) groups excluding carboxylic acids is 1. The third-order valence-corrected chi connectivity index (χ3v) is 3.51. The fourth-order valence-electron chi connectivity index (χ4n) is 1.20. The standard InChI is InChI=1S/C10H8ClN3O2S/c1-14-9(16)12-13-10(14)17-7-3-2-6(5-15)8(11)4-7/h2-5H,1H3,(H,12,16). The Balaban J connectivity index is 2.31. The lowest BCUT2D eigenvalue weighted by atomic mass is 10.2. The van der Waals surface area contributed by atoms with Crippen molar-refractivity contribution in [2.24, 2.45) is 7.05 Å². The number of hydrogen-bond donors (Lipinski definition) is 1. The Morgan fingerprint density at radius 2 is 2.29 bits per heavy atom. The molecule has 0 radical (unpaired) electrons. The van der Waals surface area contributed by atoms with Crippen LogP contribution in [0, 0.1) is 0 Å². The molecule has 1 aromatic carbocycles. The van der Waals surface area contributed by atoms with Gasteiger partial charge in [0.2, 0.25) is 0 Å². The van der Waals surface area contributed by atoms with E-state index in [2.05, 4.69) is 10.2 Å². The van der Waals surface area contributed by atoms with Crippen molar-refractivity contribution >= 4 is 29.6 Å². The van der Waals surface area contributed by atoms with Crippen molar-refractivity contribution in [1.29, 1.82) is 0 Å². The lowest BCUT2D eigenvalue weighted by Crippen LogP contribution is -2.12. The van der Waals surface area contributed by atoms with Crippen molar-refractivity contribution in [3.05, 3.63) is 39.3 Å². The number of benzene rings is 1. The van der Waals surface area contributed by atoms with Gasteiger partial charge in [0.05, 0.1) is 5.02 Å². The van der Waals surface area contributed by atoms with Crippen LogP contribution in [-0.4, -0.2) is 21.1 Å². The zero-order chi connectivity index (χ0) is 12.4. The number of nitrogens with zero attached hydrogens (tertiary/aromatic N) is 2. The summed E-state index contributed by atoms with van der Waals surface area (Å²) >= 11 is 7.19. The van der Waals surface area contributed by atoms with Crippen LogP contribution in [0.2, 0.25) is 5.02 Å². The minimum atomic E-state index is -0.275. The third-order valence-electron chi connectivity index (χ3n) is 2.15. The topological polar surface area (TPSA) is 67.8 Å². The molecule has 7 heteroatoms. The van der Waals surface area contributed by atoms with Crippen LogP contribution in [0.3, 0.4) is 0 Å². The summed E-state index contributed by atoms with van der Waals surface area (Å²) in [5, 5.41) is 7.11. The molecule has 0 amide bonds. The molecular weight excluding hydrogens is 262 g/mol. The molecule has 0 spiro atoms. The van der Waals surface area contributed by atoms with Gasteiger partial charge in [-0.3, -0.25) is 9.36 Å². The zero-order valence-electron chi connectivity index (χ0n) is 8.81. The quantitative estimate of drug-likeness (QED) is 0.862. The smallest absolute Gasteiger partial charge is 0.298 e. The summed E-state index contributed by atoms with van der Waals surface area (Å²) < 4.78 is 1.40. The minimum Gasteiger partial charge on any atom is -0.298 e. The average Bonchev–Trinajstić information content (AvgIpc) is 2.61. The Labute approximate surface area is 106 Å². The van der Waals surface area contributed by atoms with Crippen LogP contribution in [-0.2, 0) is 7.05 Å². The lowest BCUT2D eigenvalue weighted by Gasteiger charge is -2.02. The number of hydrogen-bond acceptors (Lipinski definition) is 4. The maximum absolute atomic E-state index is 11.2. The van der Waals surface area contributed by atoms with Crippen molar-refractivity contribution in [2.75, 3.05) is 0 Å². The first-order chi connectivity index (χ1) is 8.11. The number of rotatable bonds is 3. The van der Waals surface area contributed by atoms with E-state index in [1.165, 1.54) is 16.3 Å². The SMILES string of the molecule is Cn1c(Sc2ccc(C=O)c(Cl)c2)n[nH]c1=O. The van der Waals surface area contributed by atoms with Crippen molar-refractivity contribution in [3.8, 4) is 0 Å². The monoisotopic (exact) mass is 269 g/mol. The van der Waals surface area contributed by atoms with Crippen LogP contribution < -0.4 is 5.69 Å². The molecule has 88 valence electrons. The first-order valence-corrected chi connectivity index (χ1v) is 5.85. The first kappa shape index (κ1) is 11.9. The summed E-state index contributed by atoms with van der Waals surface area (Å²) in [4.78, 5) is 22.6. The zero-order valence-corrected chi connectivity index (χ0v) is 10.4. The van der Waals surface area contributed by atoms with Gasteiger partial charge in [-0.15, -0.1) is 5.10 Å². The largest absolute Gasteiger partial charge is 0.343 e. The highest BCUT2D eigenvalue weighted by atomic mass is 35.5. The normalized spacial score (nSPS) is 10.5. The molecule has 17 heavy (non-hydrogen) atoms. The molecule has 2 rings (SSSR count). The van der Waals surface area contributed by atoms with Gasteiger partial charge in [-0.2, -0.15) is 0 Å². The predicted molar refractivity (Wildman–Crippen MR) is 64.8 cm³/mol. The Bertz CT molecular complexity index is 620. The van der Waals surface area contributed by atoms with Crippen molar-refractivity contribution in [1.82, 2.24) is 14.8 Å². The summed E-state index contributed by atoms with van der Waals surface area (Å²) in [6.07, 6.45) is 0.696. The highest BCUT2D eigenvalue weighted by Gasteiger charge is 2.07. The van der Waals surface area contributed by atoms with Crippen LogP contribution in [0.15, 0.2) is 33.0 Å². The van der Waals surface area contributed by atoms with Gasteiger partial charge in [0.25, 0.3) is 0 Å². The fourth-order valence-corrected chi connectivity index (χ4v) is 2.32. The van der Waals surface area contributed by atoms with Crippen molar-refractivity contribution < 1.29 is 4.79 Å². The number of H-pyrrole nitrogens is 1. The van der Waals surface area contributed by atoms with Gasteiger partial charge in [0.15, 0.2) is 11.4 Å². The summed E-state index contributed by atoms with van der Waals surface area (Å²) in [6.45, 7) is 0. The Morgan fingerprint density at radius 3 is 2.82 bits per heavy atom. The molecule has 2 aromatic rings. The molecule has 1 N–H and O–H groups in total. The maximum Gasteiger partial charge on any atom is 0.343 e. The van der Waals surface area contributed by atoms with Gasteiger partial charge in [0, 0.05) is 17.5 Å². The van der Waals surface area contributed by atoms with E-state index in [4.69, 9.17) is 11.6 Å². The van der Waals surface area contributed by atoms with E-state index in [1.54, 1.807) is 25.2 Å². The molecule has 0 aliphatic heterocycles. The van der Waals surface area contributed by atoms with Crippen LogP contribution in [0.5, 0.6) is 0 Å². The summed E-state index contributed by atoms with van der Waals surface area (Å²) in [6, 6.07) is 5.04. The molecule has 0 saturated heterocycles. The number of nitrogens with one attached hydrogen (secondary N) is 1. The Hall–Kier alpha value is -1.53. The van der Waals surface area contributed by atoms with Gasteiger partial charge >= 0.3 is 5.69 Å². The molecule has 0 aliphatic rings. The molecule has 0 saturated carbocycles. The van der Waals surface area contributed by atoms with E-state index in [1.807, 2.05) is 0 Å². The number of aromatic amines is 1. The number of aromatic nitrogens is 3. The number of carbonyl (C=O) groups is 1. The first-order valence-electron chi connectivity index (χ1n) is 4.66. The molecular formula is C10H8ClN3O2S. The van der Waals surface area contributed by atoms with E-state index in [0.717, 1.165) is 4.90 Å². The molecule has 0 aliphatic carbocycles.